The van der Waals surface area contributed by atoms with Crippen molar-refractivity contribution < 1.29 is 75.9 Å². The molecule has 2 amide bonds. The van der Waals surface area contributed by atoms with Crippen molar-refractivity contribution in [2.24, 2.45) is 0 Å². The zero-order valence-corrected chi connectivity index (χ0v) is 42.8. The molecule has 66 heavy (non-hydrogen) atoms. The molecular formula is C45H87N2O16P3. The van der Waals surface area contributed by atoms with E-state index in [-0.39, 0.29) is 45.3 Å². The number of esters is 2. The molecule has 0 spiro atoms. The summed E-state index contributed by atoms with van der Waals surface area (Å²) in [4.78, 5) is 96.0. The van der Waals surface area contributed by atoms with Crippen molar-refractivity contribution in [2.45, 2.75) is 225 Å². The highest BCUT2D eigenvalue weighted by Gasteiger charge is 2.44. The first-order valence-corrected chi connectivity index (χ1v) is 29.6. The summed E-state index contributed by atoms with van der Waals surface area (Å²) >= 11 is 0. The number of unbranched alkanes of at least 4 members (excludes halogenated alkanes) is 25. The molecule has 21 heteroatoms. The number of rotatable bonds is 46. The van der Waals surface area contributed by atoms with Crippen LogP contribution in [0.3, 0.4) is 0 Å². The van der Waals surface area contributed by atoms with E-state index in [1.54, 1.807) is 5.32 Å². The lowest BCUT2D eigenvalue weighted by atomic mass is 10.0. The van der Waals surface area contributed by atoms with Crippen LogP contribution < -0.4 is 10.6 Å². The van der Waals surface area contributed by atoms with E-state index in [1.165, 1.54) is 122 Å². The second-order valence-corrected chi connectivity index (χ2v) is 22.3. The van der Waals surface area contributed by atoms with Gasteiger partial charge in [0.2, 0.25) is 17.3 Å². The molecule has 0 aliphatic rings. The van der Waals surface area contributed by atoms with E-state index in [4.69, 9.17) is 38.1 Å². The summed E-state index contributed by atoms with van der Waals surface area (Å²) in [6.07, 6.45) is 31.8. The van der Waals surface area contributed by atoms with Gasteiger partial charge in [0.25, 0.3) is 0 Å². The number of hydrogen-bond acceptors (Lipinski definition) is 11. The molecule has 18 nitrogen and oxygen atoms in total. The van der Waals surface area contributed by atoms with Crippen LogP contribution in [0.4, 0.5) is 0 Å². The summed E-state index contributed by atoms with van der Waals surface area (Å²) in [5.41, 5.74) is -2.69. The van der Waals surface area contributed by atoms with Gasteiger partial charge < -0.3 is 44.6 Å². The van der Waals surface area contributed by atoms with Gasteiger partial charge in [0, 0.05) is 25.8 Å². The Hall–Kier alpha value is -1.97. The molecule has 0 aromatic rings. The van der Waals surface area contributed by atoms with Crippen LogP contribution >= 0.6 is 23.0 Å². The summed E-state index contributed by atoms with van der Waals surface area (Å²) < 4.78 is 56.2. The Morgan fingerprint density at radius 1 is 0.530 bits per heavy atom. The zero-order chi connectivity index (χ0) is 49.4. The number of nitrogens with one attached hydrogen (secondary N) is 2. The highest BCUT2D eigenvalue weighted by Crippen LogP contribution is 2.58. The number of hydrogen-bond donors (Lipinski definition) is 7. The molecule has 0 saturated carbocycles. The number of carbonyl (C=O) groups excluding carboxylic acids is 4. The molecular weight excluding hydrogens is 917 g/mol. The number of ether oxygens (including phenoxy) is 2. The van der Waals surface area contributed by atoms with Gasteiger partial charge in [-0.15, -0.1) is 0 Å². The smallest absolute Gasteiger partial charge is 0.462 e. The first-order valence-electron chi connectivity index (χ1n) is 24.7. The van der Waals surface area contributed by atoms with E-state index in [0.29, 0.717) is 12.8 Å². The summed E-state index contributed by atoms with van der Waals surface area (Å²) in [5.74, 6) is -2.63. The van der Waals surface area contributed by atoms with Crippen LogP contribution in [-0.4, -0.2) is 86.2 Å². The minimum Gasteiger partial charge on any atom is -0.462 e. The SMILES string of the molecule is CCCCCCCCCCCCCCCC(=O)OCC(COP(=O)(O)OCCNC(=O)CCC/C=C/C(=O)NC(P(=O)(O)O)P(=O)(O)O)OC(=O)CCCCCCCCCCCCCCC. The largest absolute Gasteiger partial charge is 0.472 e. The molecule has 0 heterocycles. The van der Waals surface area contributed by atoms with Crippen molar-refractivity contribution >= 4 is 46.8 Å². The third kappa shape index (κ3) is 41.0. The monoisotopic (exact) mass is 1000 g/mol. The fourth-order valence-corrected chi connectivity index (χ4v) is 9.87. The maximum absolute atomic E-state index is 12.8. The van der Waals surface area contributed by atoms with Gasteiger partial charge in [0.15, 0.2) is 6.10 Å². The summed E-state index contributed by atoms with van der Waals surface area (Å²) in [5, 5.41) is 4.06. The molecule has 0 fully saturated rings. The Bertz CT molecular complexity index is 1440. The molecule has 0 radical (unpaired) electrons. The van der Waals surface area contributed by atoms with E-state index in [9.17, 15) is 37.8 Å². The standard InChI is InChI=1S/C45H87N2O16P3/c1-3-5-7-9-11-13-15-17-19-21-23-25-30-34-43(50)60-38-40(63-44(51)35-31-26-24-22-20-18-16-14-12-10-8-6-4-2)39-62-66(58,59)61-37-36-46-41(48)32-28-27-29-33-42(49)47-45(64(52,53)54)65(55,56)57/h29,33,40,45H,3-28,30-32,34-39H2,1-2H3,(H,46,48)(H,47,49)(H,58,59)(H2,52,53,54)(H2,55,56,57)/b33-29+. The molecule has 0 bridgehead atoms. The molecule has 0 aliphatic heterocycles. The average molecular weight is 1010 g/mol. The van der Waals surface area contributed by atoms with Crippen molar-refractivity contribution in [1.29, 1.82) is 0 Å². The summed E-state index contributed by atoms with van der Waals surface area (Å²) in [6.45, 7) is 2.91. The van der Waals surface area contributed by atoms with E-state index < -0.39 is 71.6 Å². The van der Waals surface area contributed by atoms with Crippen LogP contribution in [0, 0.1) is 0 Å². The van der Waals surface area contributed by atoms with Gasteiger partial charge in [0.05, 0.1) is 13.2 Å². The van der Waals surface area contributed by atoms with Crippen molar-refractivity contribution in [1.82, 2.24) is 10.6 Å². The topological polar surface area (TPSA) is 282 Å². The fraction of sp³-hybridized carbons (Fsp3) is 0.867. The van der Waals surface area contributed by atoms with Crippen LogP contribution in [0.1, 0.15) is 213 Å². The van der Waals surface area contributed by atoms with Crippen molar-refractivity contribution in [3.05, 3.63) is 12.2 Å². The van der Waals surface area contributed by atoms with Crippen LogP contribution in [0.15, 0.2) is 12.2 Å². The predicted octanol–water partition coefficient (Wildman–Crippen LogP) is 10.1. The number of phosphoric ester groups is 1. The number of phosphoric acid groups is 1. The van der Waals surface area contributed by atoms with E-state index in [1.807, 2.05) is 0 Å². The molecule has 0 aromatic heterocycles. The van der Waals surface area contributed by atoms with Gasteiger partial charge in [-0.1, -0.05) is 174 Å². The highest BCUT2D eigenvalue weighted by atomic mass is 31.2. The van der Waals surface area contributed by atoms with Crippen LogP contribution in [0.25, 0.3) is 0 Å². The Balaban J connectivity index is 4.72. The van der Waals surface area contributed by atoms with Gasteiger partial charge in [-0.2, -0.15) is 0 Å². The zero-order valence-electron chi connectivity index (χ0n) is 40.1. The summed E-state index contributed by atoms with van der Waals surface area (Å²) in [6, 6.07) is 0. The third-order valence-corrected chi connectivity index (χ3v) is 15.1. The quantitative estimate of drug-likeness (QED) is 0.0129. The molecule has 0 saturated heterocycles. The summed E-state index contributed by atoms with van der Waals surface area (Å²) in [7, 11) is -15.4. The molecule has 0 rings (SSSR count). The van der Waals surface area contributed by atoms with Gasteiger partial charge in [-0.3, -0.25) is 37.4 Å². The minimum absolute atomic E-state index is 0.0444. The molecule has 2 atom stereocenters. The fourth-order valence-electron chi connectivity index (χ4n) is 6.96. The second-order valence-electron chi connectivity index (χ2n) is 17.1. The van der Waals surface area contributed by atoms with E-state index >= 15 is 0 Å². The lowest BCUT2D eigenvalue weighted by Crippen LogP contribution is -2.33. The Morgan fingerprint density at radius 3 is 1.39 bits per heavy atom. The van der Waals surface area contributed by atoms with Crippen molar-refractivity contribution in [3.63, 3.8) is 0 Å². The number of amides is 2. The van der Waals surface area contributed by atoms with Gasteiger partial charge in [-0.25, -0.2) is 4.57 Å². The molecule has 2 unspecified atom stereocenters. The molecule has 0 aliphatic carbocycles. The Kier molecular flexibility index (Phi) is 39.7. The normalized spacial score (nSPS) is 13.5. The van der Waals surface area contributed by atoms with Gasteiger partial charge >= 0.3 is 35.0 Å². The van der Waals surface area contributed by atoms with Crippen LogP contribution in [0.5, 0.6) is 0 Å². The van der Waals surface area contributed by atoms with Crippen molar-refractivity contribution in [2.75, 3.05) is 26.4 Å². The Morgan fingerprint density at radius 2 is 0.955 bits per heavy atom. The predicted molar refractivity (Wildman–Crippen MR) is 255 cm³/mol. The molecule has 388 valence electrons. The third-order valence-electron chi connectivity index (χ3n) is 10.8. The van der Waals surface area contributed by atoms with Crippen LogP contribution in [-0.2, 0) is 51.4 Å². The second kappa shape index (κ2) is 40.9. The lowest BCUT2D eigenvalue weighted by Gasteiger charge is -2.20. The Labute approximate surface area is 395 Å². The van der Waals surface area contributed by atoms with Crippen molar-refractivity contribution in [3.8, 4) is 0 Å². The maximum Gasteiger partial charge on any atom is 0.472 e. The first-order chi connectivity index (χ1) is 31.4. The molecule has 7 N–H and O–H groups in total. The first kappa shape index (κ1) is 64.0. The highest BCUT2D eigenvalue weighted by molar-refractivity contribution is 7.70. The lowest BCUT2D eigenvalue weighted by molar-refractivity contribution is -0.161. The molecule has 0 aromatic carbocycles. The van der Waals surface area contributed by atoms with E-state index in [0.717, 1.165) is 44.6 Å². The van der Waals surface area contributed by atoms with Gasteiger partial charge in [0.1, 0.15) is 6.61 Å². The van der Waals surface area contributed by atoms with Gasteiger partial charge in [-0.05, 0) is 31.8 Å². The maximum atomic E-state index is 12.8. The average Bonchev–Trinajstić information content (AvgIpc) is 3.24. The number of carbonyl (C=O) groups is 4. The van der Waals surface area contributed by atoms with Crippen LogP contribution in [0.2, 0.25) is 0 Å². The minimum atomic E-state index is -5.34. The van der Waals surface area contributed by atoms with E-state index in [2.05, 4.69) is 19.2 Å². The number of allylic oxidation sites excluding steroid dienone is 1.